The molecule has 0 saturated heterocycles. The zero-order valence-corrected chi connectivity index (χ0v) is 9.09. The SMILES string of the molecule is Cc1nn(C)cc1-c1n[nH]c(=S)n1C. The number of aromatic amines is 1. The molecule has 0 bridgehead atoms. The molecule has 0 fully saturated rings. The largest absolute Gasteiger partial charge is 0.303 e. The van der Waals surface area contributed by atoms with Crippen LogP contribution in [0, 0.1) is 11.7 Å². The molecule has 0 atom stereocenters. The number of hydrogen-bond acceptors (Lipinski definition) is 3. The van der Waals surface area contributed by atoms with Crippen molar-refractivity contribution in [2.45, 2.75) is 6.92 Å². The van der Waals surface area contributed by atoms with Crippen molar-refractivity contribution in [3.63, 3.8) is 0 Å². The highest BCUT2D eigenvalue weighted by atomic mass is 32.1. The van der Waals surface area contributed by atoms with Crippen molar-refractivity contribution in [2.24, 2.45) is 14.1 Å². The summed E-state index contributed by atoms with van der Waals surface area (Å²) in [6.45, 7) is 1.95. The molecule has 5 nitrogen and oxygen atoms in total. The number of hydrogen-bond donors (Lipinski definition) is 1. The van der Waals surface area contributed by atoms with Gasteiger partial charge in [0, 0.05) is 20.3 Å². The number of aryl methyl sites for hydroxylation is 2. The third kappa shape index (κ3) is 1.27. The van der Waals surface area contributed by atoms with E-state index in [9.17, 15) is 0 Å². The second kappa shape index (κ2) is 3.06. The Balaban J connectivity index is 2.65. The molecule has 2 aromatic rings. The summed E-state index contributed by atoms with van der Waals surface area (Å²) in [6, 6.07) is 0. The average molecular weight is 209 g/mol. The second-order valence-electron chi connectivity index (χ2n) is 3.21. The van der Waals surface area contributed by atoms with Crippen LogP contribution in [0.2, 0.25) is 0 Å². The standard InChI is InChI=1S/C8H11N5S/c1-5-6(4-12(2)11-5)7-9-10-8(14)13(7)3/h4H,1-3H3,(H,10,14). The lowest BCUT2D eigenvalue weighted by Crippen LogP contribution is -1.92. The van der Waals surface area contributed by atoms with E-state index >= 15 is 0 Å². The highest BCUT2D eigenvalue weighted by molar-refractivity contribution is 7.71. The highest BCUT2D eigenvalue weighted by Gasteiger charge is 2.11. The molecule has 0 aliphatic heterocycles. The number of H-pyrrole nitrogens is 1. The van der Waals surface area contributed by atoms with Crippen LogP contribution in [0.25, 0.3) is 11.4 Å². The van der Waals surface area contributed by atoms with E-state index in [1.165, 1.54) is 0 Å². The molecule has 2 aromatic heterocycles. The summed E-state index contributed by atoms with van der Waals surface area (Å²) in [5.74, 6) is 0.820. The Labute approximate surface area is 86.4 Å². The Morgan fingerprint density at radius 1 is 1.43 bits per heavy atom. The van der Waals surface area contributed by atoms with E-state index in [0.717, 1.165) is 17.1 Å². The number of nitrogens with zero attached hydrogens (tertiary/aromatic N) is 4. The van der Waals surface area contributed by atoms with Gasteiger partial charge in [-0.15, -0.1) is 0 Å². The highest BCUT2D eigenvalue weighted by Crippen LogP contribution is 2.18. The molecule has 14 heavy (non-hydrogen) atoms. The maximum Gasteiger partial charge on any atom is 0.195 e. The second-order valence-corrected chi connectivity index (χ2v) is 3.60. The van der Waals surface area contributed by atoms with Gasteiger partial charge >= 0.3 is 0 Å². The summed E-state index contributed by atoms with van der Waals surface area (Å²) in [7, 11) is 3.77. The third-order valence-corrected chi connectivity index (χ3v) is 2.50. The maximum absolute atomic E-state index is 5.04. The van der Waals surface area contributed by atoms with Crippen molar-refractivity contribution in [3.8, 4) is 11.4 Å². The monoisotopic (exact) mass is 209 g/mol. The molecule has 0 aliphatic rings. The fraction of sp³-hybridized carbons (Fsp3) is 0.375. The summed E-state index contributed by atoms with van der Waals surface area (Å²) in [5, 5.41) is 11.2. The number of rotatable bonds is 1. The Morgan fingerprint density at radius 2 is 2.14 bits per heavy atom. The van der Waals surface area contributed by atoms with Crippen molar-refractivity contribution in [1.29, 1.82) is 0 Å². The van der Waals surface area contributed by atoms with Crippen LogP contribution >= 0.6 is 12.2 Å². The fourth-order valence-electron chi connectivity index (χ4n) is 1.41. The topological polar surface area (TPSA) is 51.4 Å². The Kier molecular flexibility index (Phi) is 1.99. The first-order valence-electron chi connectivity index (χ1n) is 4.21. The Hall–Kier alpha value is -1.43. The predicted octanol–water partition coefficient (Wildman–Crippen LogP) is 1.19. The molecule has 0 radical (unpaired) electrons. The van der Waals surface area contributed by atoms with Gasteiger partial charge in [-0.1, -0.05) is 0 Å². The van der Waals surface area contributed by atoms with Crippen LogP contribution in [0.3, 0.4) is 0 Å². The predicted molar refractivity (Wildman–Crippen MR) is 55.3 cm³/mol. The minimum atomic E-state index is 0.614. The summed E-state index contributed by atoms with van der Waals surface area (Å²) < 4.78 is 4.21. The van der Waals surface area contributed by atoms with Crippen LogP contribution < -0.4 is 0 Å². The van der Waals surface area contributed by atoms with Crippen LogP contribution in [0.15, 0.2) is 6.20 Å². The quantitative estimate of drug-likeness (QED) is 0.718. The third-order valence-electron chi connectivity index (χ3n) is 2.13. The molecule has 0 unspecified atom stereocenters. The molecular weight excluding hydrogens is 198 g/mol. The van der Waals surface area contributed by atoms with Gasteiger partial charge in [0.15, 0.2) is 10.6 Å². The molecule has 1 N–H and O–H groups in total. The van der Waals surface area contributed by atoms with Gasteiger partial charge in [0.2, 0.25) is 0 Å². The minimum absolute atomic E-state index is 0.614. The first-order chi connectivity index (χ1) is 6.59. The van der Waals surface area contributed by atoms with E-state index in [1.807, 2.05) is 31.8 Å². The van der Waals surface area contributed by atoms with Gasteiger partial charge in [-0.3, -0.25) is 9.78 Å². The zero-order chi connectivity index (χ0) is 10.3. The van der Waals surface area contributed by atoms with E-state index in [2.05, 4.69) is 15.3 Å². The van der Waals surface area contributed by atoms with Crippen LogP contribution in [-0.2, 0) is 14.1 Å². The van der Waals surface area contributed by atoms with E-state index < -0.39 is 0 Å². The van der Waals surface area contributed by atoms with E-state index in [-0.39, 0.29) is 0 Å². The summed E-state index contributed by atoms with van der Waals surface area (Å²) in [5.41, 5.74) is 1.95. The van der Waals surface area contributed by atoms with Gasteiger partial charge in [-0.25, -0.2) is 0 Å². The lowest BCUT2D eigenvalue weighted by Gasteiger charge is -1.96. The summed E-state index contributed by atoms with van der Waals surface area (Å²) >= 11 is 5.04. The van der Waals surface area contributed by atoms with Gasteiger partial charge in [0.25, 0.3) is 0 Å². The van der Waals surface area contributed by atoms with Gasteiger partial charge < -0.3 is 4.57 Å². The van der Waals surface area contributed by atoms with Gasteiger partial charge in [-0.2, -0.15) is 10.2 Å². The van der Waals surface area contributed by atoms with Crippen molar-refractivity contribution >= 4 is 12.2 Å². The average Bonchev–Trinajstić information content (AvgIpc) is 2.59. The zero-order valence-electron chi connectivity index (χ0n) is 8.27. The molecule has 0 saturated carbocycles. The summed E-state index contributed by atoms with van der Waals surface area (Å²) in [4.78, 5) is 0. The maximum atomic E-state index is 5.04. The smallest absolute Gasteiger partial charge is 0.195 e. The van der Waals surface area contributed by atoms with Crippen molar-refractivity contribution in [1.82, 2.24) is 24.5 Å². The fourth-order valence-corrected chi connectivity index (χ4v) is 1.54. The van der Waals surface area contributed by atoms with Crippen LogP contribution in [0.1, 0.15) is 5.69 Å². The first kappa shape index (κ1) is 9.14. The molecule has 0 amide bonds. The molecule has 0 spiro atoms. The molecule has 2 heterocycles. The minimum Gasteiger partial charge on any atom is -0.303 e. The van der Waals surface area contributed by atoms with Gasteiger partial charge in [0.1, 0.15) is 0 Å². The Morgan fingerprint density at radius 3 is 2.57 bits per heavy atom. The lowest BCUT2D eigenvalue weighted by molar-refractivity contribution is 0.756. The molecule has 0 aliphatic carbocycles. The van der Waals surface area contributed by atoms with Crippen molar-refractivity contribution < 1.29 is 0 Å². The molecule has 0 aromatic carbocycles. The molecule has 6 heteroatoms. The Bertz CT molecular complexity index is 518. The van der Waals surface area contributed by atoms with Crippen molar-refractivity contribution in [2.75, 3.05) is 0 Å². The molecular formula is C8H11N5S. The van der Waals surface area contributed by atoms with E-state index in [4.69, 9.17) is 12.2 Å². The van der Waals surface area contributed by atoms with E-state index in [1.54, 1.807) is 4.68 Å². The normalized spacial score (nSPS) is 10.8. The van der Waals surface area contributed by atoms with Crippen LogP contribution in [-0.4, -0.2) is 24.5 Å². The number of aromatic nitrogens is 5. The lowest BCUT2D eigenvalue weighted by atomic mass is 10.2. The number of nitrogens with one attached hydrogen (secondary N) is 1. The van der Waals surface area contributed by atoms with Crippen molar-refractivity contribution in [3.05, 3.63) is 16.7 Å². The summed E-state index contributed by atoms with van der Waals surface area (Å²) in [6.07, 6.45) is 1.93. The van der Waals surface area contributed by atoms with Gasteiger partial charge in [0.05, 0.1) is 11.3 Å². The van der Waals surface area contributed by atoms with Crippen LogP contribution in [0.4, 0.5) is 0 Å². The molecule has 2 rings (SSSR count). The van der Waals surface area contributed by atoms with Gasteiger partial charge in [-0.05, 0) is 19.1 Å². The van der Waals surface area contributed by atoms with Crippen LogP contribution in [0.5, 0.6) is 0 Å². The van der Waals surface area contributed by atoms with E-state index in [0.29, 0.717) is 4.77 Å². The molecule has 74 valence electrons. The first-order valence-corrected chi connectivity index (χ1v) is 4.62.